The molecule has 1 saturated heterocycles. The van der Waals surface area contributed by atoms with Crippen molar-refractivity contribution in [3.63, 3.8) is 0 Å². The molecule has 2 aromatic rings. The van der Waals surface area contributed by atoms with Crippen LogP contribution in [0.1, 0.15) is 11.1 Å². The summed E-state index contributed by atoms with van der Waals surface area (Å²) >= 11 is 6.94. The maximum absolute atomic E-state index is 12.8. The summed E-state index contributed by atoms with van der Waals surface area (Å²) in [5.74, 6) is 0.819. The number of halogens is 3. The third-order valence-electron chi connectivity index (χ3n) is 3.61. The third kappa shape index (κ3) is 4.73. The monoisotopic (exact) mass is 396 g/mol. The van der Waals surface area contributed by atoms with Crippen LogP contribution in [0.3, 0.4) is 0 Å². The van der Waals surface area contributed by atoms with Crippen LogP contribution < -0.4 is 5.32 Å². The number of thioether (sulfide) groups is 1. The van der Waals surface area contributed by atoms with Crippen molar-refractivity contribution in [2.24, 2.45) is 4.99 Å². The Kier molecular flexibility index (Phi) is 5.77. The fourth-order valence-electron chi connectivity index (χ4n) is 2.33. The van der Waals surface area contributed by atoms with Crippen LogP contribution in [0.2, 0.25) is 0 Å². The van der Waals surface area contributed by atoms with Crippen molar-refractivity contribution in [1.29, 1.82) is 0 Å². The molecule has 1 aromatic carbocycles. The van der Waals surface area contributed by atoms with Gasteiger partial charge in [0.25, 0.3) is 0 Å². The van der Waals surface area contributed by atoms with Gasteiger partial charge >= 0.3 is 6.18 Å². The lowest BCUT2D eigenvalue weighted by Crippen LogP contribution is -2.35. The number of rotatable bonds is 3. The summed E-state index contributed by atoms with van der Waals surface area (Å²) in [5.41, 5.74) is 0.611. The summed E-state index contributed by atoms with van der Waals surface area (Å²) in [7, 11) is 0. The normalized spacial score (nSPS) is 16.1. The first kappa shape index (κ1) is 18.7. The molecule has 136 valence electrons. The Hall–Kier alpha value is -2.13. The number of nitrogens with one attached hydrogen (secondary N) is 1. The van der Waals surface area contributed by atoms with Gasteiger partial charge < -0.3 is 5.32 Å². The second kappa shape index (κ2) is 8.05. The van der Waals surface area contributed by atoms with E-state index in [-0.39, 0.29) is 0 Å². The van der Waals surface area contributed by atoms with E-state index in [1.807, 2.05) is 12.1 Å². The van der Waals surface area contributed by atoms with Crippen LogP contribution in [0, 0.1) is 0 Å². The second-order valence-electron chi connectivity index (χ2n) is 5.46. The van der Waals surface area contributed by atoms with E-state index in [0.717, 1.165) is 28.6 Å². The van der Waals surface area contributed by atoms with Crippen LogP contribution in [0.15, 0.2) is 53.8 Å². The molecule has 0 bridgehead atoms. The van der Waals surface area contributed by atoms with E-state index in [1.54, 1.807) is 35.1 Å². The van der Waals surface area contributed by atoms with Gasteiger partial charge in [-0.2, -0.15) is 13.2 Å². The minimum Gasteiger partial charge on any atom is -0.332 e. The Morgan fingerprint density at radius 2 is 2.04 bits per heavy atom. The number of thiocarbonyl (C=S) groups is 1. The Bertz CT molecular complexity index is 809. The van der Waals surface area contributed by atoms with Gasteiger partial charge in [-0.15, -0.1) is 0 Å². The van der Waals surface area contributed by atoms with E-state index < -0.39 is 11.7 Å². The molecule has 1 aliphatic heterocycles. The highest BCUT2D eigenvalue weighted by molar-refractivity contribution is 8.14. The molecule has 0 amide bonds. The largest absolute Gasteiger partial charge is 0.416 e. The van der Waals surface area contributed by atoms with E-state index in [1.165, 1.54) is 6.07 Å². The van der Waals surface area contributed by atoms with Crippen molar-refractivity contribution in [3.8, 4) is 0 Å². The number of aromatic nitrogens is 1. The molecule has 9 heteroatoms. The summed E-state index contributed by atoms with van der Waals surface area (Å²) < 4.78 is 38.5. The van der Waals surface area contributed by atoms with Crippen molar-refractivity contribution in [2.45, 2.75) is 12.7 Å². The fraction of sp³-hybridized carbons (Fsp3) is 0.235. The summed E-state index contributed by atoms with van der Waals surface area (Å²) in [5, 5.41) is 3.97. The molecular formula is C17H15F3N4S2. The topological polar surface area (TPSA) is 40.5 Å². The van der Waals surface area contributed by atoms with Gasteiger partial charge in [-0.25, -0.2) is 0 Å². The highest BCUT2D eigenvalue weighted by Crippen LogP contribution is 2.31. The zero-order chi connectivity index (χ0) is 18.6. The average molecular weight is 396 g/mol. The highest BCUT2D eigenvalue weighted by atomic mass is 32.2. The number of hydrogen-bond acceptors (Lipinski definition) is 4. The van der Waals surface area contributed by atoms with Crippen LogP contribution in [-0.4, -0.2) is 32.5 Å². The van der Waals surface area contributed by atoms with Gasteiger partial charge in [0.05, 0.1) is 12.1 Å². The van der Waals surface area contributed by atoms with Gasteiger partial charge in [-0.3, -0.25) is 14.9 Å². The Balaban J connectivity index is 1.69. The molecule has 1 aromatic heterocycles. The van der Waals surface area contributed by atoms with Crippen LogP contribution in [0.4, 0.5) is 18.9 Å². The van der Waals surface area contributed by atoms with Crippen LogP contribution >= 0.6 is 24.0 Å². The van der Waals surface area contributed by atoms with Gasteiger partial charge in [-0.1, -0.05) is 17.8 Å². The number of amidine groups is 1. The third-order valence-corrected chi connectivity index (χ3v) is 4.93. The predicted molar refractivity (Wildman–Crippen MR) is 102 cm³/mol. The fourth-order valence-corrected chi connectivity index (χ4v) is 3.64. The SMILES string of the molecule is FC(F)(F)c1cccc(NC(=S)N2CCS/C2=N\Cc2ccncc2)c1. The molecule has 0 saturated carbocycles. The maximum atomic E-state index is 12.8. The van der Waals surface area contributed by atoms with E-state index >= 15 is 0 Å². The molecule has 3 rings (SSSR count). The van der Waals surface area contributed by atoms with Crippen molar-refractivity contribution in [3.05, 3.63) is 59.9 Å². The summed E-state index contributed by atoms with van der Waals surface area (Å²) in [6, 6.07) is 8.74. The predicted octanol–water partition coefficient (Wildman–Crippen LogP) is 4.40. The van der Waals surface area contributed by atoms with E-state index in [0.29, 0.717) is 23.9 Å². The maximum Gasteiger partial charge on any atom is 0.416 e. The lowest BCUT2D eigenvalue weighted by atomic mass is 10.2. The number of alkyl halides is 3. The van der Waals surface area contributed by atoms with Crippen molar-refractivity contribution in [1.82, 2.24) is 9.88 Å². The molecule has 1 fully saturated rings. The molecule has 0 aliphatic carbocycles. The molecule has 0 spiro atoms. The number of anilines is 1. The van der Waals surface area contributed by atoms with E-state index in [4.69, 9.17) is 12.2 Å². The summed E-state index contributed by atoms with van der Waals surface area (Å²) in [4.78, 5) is 10.3. The van der Waals surface area contributed by atoms with Crippen molar-refractivity contribution in [2.75, 3.05) is 17.6 Å². The molecular weight excluding hydrogens is 381 g/mol. The molecule has 0 radical (unpaired) electrons. The van der Waals surface area contributed by atoms with Gasteiger partial charge in [0.2, 0.25) is 0 Å². The van der Waals surface area contributed by atoms with Crippen LogP contribution in [0.5, 0.6) is 0 Å². The number of hydrogen-bond donors (Lipinski definition) is 1. The number of pyridine rings is 1. The second-order valence-corrected chi connectivity index (χ2v) is 6.91. The zero-order valence-corrected chi connectivity index (χ0v) is 15.2. The van der Waals surface area contributed by atoms with E-state index in [9.17, 15) is 13.2 Å². The Morgan fingerprint density at radius 3 is 2.77 bits per heavy atom. The molecule has 1 aliphatic rings. The summed E-state index contributed by atoms with van der Waals surface area (Å²) in [6.07, 6.45) is -0.982. The molecule has 0 atom stereocenters. The number of nitrogens with zero attached hydrogens (tertiary/aromatic N) is 3. The van der Waals surface area contributed by atoms with E-state index in [2.05, 4.69) is 15.3 Å². The van der Waals surface area contributed by atoms with Crippen molar-refractivity contribution < 1.29 is 13.2 Å². The highest BCUT2D eigenvalue weighted by Gasteiger charge is 2.30. The average Bonchev–Trinajstić information content (AvgIpc) is 3.09. The molecule has 0 unspecified atom stereocenters. The smallest absolute Gasteiger partial charge is 0.332 e. The standard InChI is InChI=1S/C17H15F3N4S2/c18-17(19,20)13-2-1-3-14(10-13)23-15(25)24-8-9-26-16(24)22-11-12-4-6-21-7-5-12/h1-7,10H,8-9,11H2,(H,23,25)/b22-16-. The first-order chi connectivity index (χ1) is 12.4. The lowest BCUT2D eigenvalue weighted by molar-refractivity contribution is -0.137. The molecule has 1 N–H and O–H groups in total. The van der Waals surface area contributed by atoms with Gasteiger partial charge in [0.15, 0.2) is 10.3 Å². The first-order valence-electron chi connectivity index (χ1n) is 7.75. The van der Waals surface area contributed by atoms with Crippen LogP contribution in [-0.2, 0) is 12.7 Å². The van der Waals surface area contributed by atoms with Gasteiger partial charge in [0, 0.05) is 30.4 Å². The lowest BCUT2D eigenvalue weighted by Gasteiger charge is -2.20. The quantitative estimate of drug-likeness (QED) is 0.779. The first-order valence-corrected chi connectivity index (χ1v) is 9.15. The van der Waals surface area contributed by atoms with Gasteiger partial charge in [0.1, 0.15) is 0 Å². The molecule has 2 heterocycles. The summed E-state index contributed by atoms with van der Waals surface area (Å²) in [6.45, 7) is 1.15. The minimum atomic E-state index is -4.39. The van der Waals surface area contributed by atoms with Gasteiger partial charge in [-0.05, 0) is 48.1 Å². The Morgan fingerprint density at radius 1 is 1.27 bits per heavy atom. The minimum absolute atomic E-state index is 0.301. The van der Waals surface area contributed by atoms with Crippen LogP contribution in [0.25, 0.3) is 0 Å². The molecule has 26 heavy (non-hydrogen) atoms. The Labute approximate surface area is 158 Å². The number of benzene rings is 1. The van der Waals surface area contributed by atoms with Crippen molar-refractivity contribution >= 4 is 39.9 Å². The molecule has 4 nitrogen and oxygen atoms in total. The number of aliphatic imine (C=N–C) groups is 1. The zero-order valence-electron chi connectivity index (χ0n) is 13.5.